The van der Waals surface area contributed by atoms with Crippen molar-refractivity contribution in [2.75, 3.05) is 0 Å². The number of aromatic nitrogens is 2. The quantitative estimate of drug-likeness (QED) is 0.211. The highest BCUT2D eigenvalue weighted by Crippen LogP contribution is 2.14. The Kier molecular flexibility index (Phi) is 19.8. The molecule has 0 aliphatic carbocycles. The first-order chi connectivity index (χ1) is 13.3. The van der Waals surface area contributed by atoms with Crippen LogP contribution in [0.5, 0.6) is 0 Å². The second-order valence-corrected chi connectivity index (χ2v) is 8.66. The lowest BCUT2D eigenvalue weighted by Gasteiger charge is -2.04. The van der Waals surface area contributed by atoms with Crippen molar-refractivity contribution in [3.63, 3.8) is 0 Å². The molecule has 0 bridgehead atoms. The summed E-state index contributed by atoms with van der Waals surface area (Å²) in [4.78, 5) is 0. The van der Waals surface area contributed by atoms with Gasteiger partial charge < -0.3 is 17.0 Å². The number of hydrogen-bond donors (Lipinski definition) is 0. The molecule has 3 heteroatoms. The summed E-state index contributed by atoms with van der Waals surface area (Å²) in [6, 6.07) is 0. The molecular weight excluding hydrogens is 408 g/mol. The SMILES string of the molecule is CCCCCCCCCCCCCCCCCCCCn1cc[n+](C)c1C.[Br-]. The van der Waals surface area contributed by atoms with Gasteiger partial charge in [0, 0.05) is 6.92 Å². The van der Waals surface area contributed by atoms with Crippen LogP contribution < -0.4 is 21.5 Å². The van der Waals surface area contributed by atoms with Crippen molar-refractivity contribution in [2.24, 2.45) is 7.05 Å². The van der Waals surface area contributed by atoms with Gasteiger partial charge in [-0.05, 0) is 12.8 Å². The van der Waals surface area contributed by atoms with E-state index in [1.807, 2.05) is 0 Å². The maximum absolute atomic E-state index is 2.38. The normalized spacial score (nSPS) is 11.0. The molecule has 0 aliphatic rings. The molecule has 0 aliphatic heterocycles. The molecule has 1 aromatic rings. The number of imidazole rings is 1. The zero-order chi connectivity index (χ0) is 19.6. The van der Waals surface area contributed by atoms with E-state index in [4.69, 9.17) is 0 Å². The van der Waals surface area contributed by atoms with Gasteiger partial charge in [0.15, 0.2) is 0 Å². The average Bonchev–Trinajstić information content (AvgIpc) is 2.99. The molecule has 1 aromatic heterocycles. The number of unbranched alkanes of at least 4 members (excludes halogenated alkanes) is 17. The summed E-state index contributed by atoms with van der Waals surface area (Å²) in [5.41, 5.74) is 0. The van der Waals surface area contributed by atoms with Crippen LogP contribution in [0.3, 0.4) is 0 Å². The molecule has 0 fully saturated rings. The monoisotopic (exact) mass is 456 g/mol. The van der Waals surface area contributed by atoms with Crippen LogP contribution >= 0.6 is 0 Å². The van der Waals surface area contributed by atoms with Gasteiger partial charge in [-0.3, -0.25) is 0 Å². The smallest absolute Gasteiger partial charge is 0.253 e. The number of hydrogen-bond acceptors (Lipinski definition) is 0. The van der Waals surface area contributed by atoms with Gasteiger partial charge in [0.2, 0.25) is 0 Å². The summed E-state index contributed by atoms with van der Waals surface area (Å²) in [5, 5.41) is 0. The zero-order valence-corrected chi connectivity index (χ0v) is 20.9. The first kappa shape index (κ1) is 27.7. The highest BCUT2D eigenvalue weighted by Gasteiger charge is 2.07. The van der Waals surface area contributed by atoms with E-state index >= 15 is 0 Å². The van der Waals surface area contributed by atoms with E-state index in [0.717, 1.165) is 0 Å². The predicted octanol–water partition coefficient (Wildman–Crippen LogP) is 4.67. The largest absolute Gasteiger partial charge is 1.00 e. The summed E-state index contributed by atoms with van der Waals surface area (Å²) >= 11 is 0. The van der Waals surface area contributed by atoms with E-state index in [-0.39, 0.29) is 17.0 Å². The van der Waals surface area contributed by atoms with Crippen molar-refractivity contribution in [3.8, 4) is 0 Å². The molecule has 0 saturated heterocycles. The Balaban J connectivity index is 0.00000729. The molecule has 0 aromatic carbocycles. The lowest BCUT2D eigenvalue weighted by atomic mass is 10.0. The Hall–Kier alpha value is -0.310. The Morgan fingerprint density at radius 3 is 1.32 bits per heavy atom. The topological polar surface area (TPSA) is 8.81 Å². The summed E-state index contributed by atoms with van der Waals surface area (Å²) < 4.78 is 4.58. The highest BCUT2D eigenvalue weighted by molar-refractivity contribution is 4.78. The second-order valence-electron chi connectivity index (χ2n) is 8.66. The summed E-state index contributed by atoms with van der Waals surface area (Å²) in [5.74, 6) is 1.36. The molecule has 1 rings (SSSR count). The standard InChI is InChI=1S/C25H49N2.BrH/c1-4-5-6-7-8-9-10-11-12-13-14-15-16-17-18-19-20-21-22-27-24-23-26(3)25(27)2;/h23-24H,4-22H2,1-3H3;1H/q+1;/p-1. The molecule has 0 N–H and O–H groups in total. The lowest BCUT2D eigenvalue weighted by Crippen LogP contribution is -3.00. The fraction of sp³-hybridized carbons (Fsp3) is 0.880. The maximum Gasteiger partial charge on any atom is 0.253 e. The van der Waals surface area contributed by atoms with Crippen LogP contribution in [-0.4, -0.2) is 4.57 Å². The van der Waals surface area contributed by atoms with E-state index in [9.17, 15) is 0 Å². The van der Waals surface area contributed by atoms with Gasteiger partial charge in [-0.25, -0.2) is 9.13 Å². The third-order valence-corrected chi connectivity index (χ3v) is 6.15. The first-order valence-corrected chi connectivity index (χ1v) is 12.3. The molecule has 0 spiro atoms. The average molecular weight is 458 g/mol. The molecule has 0 atom stereocenters. The third kappa shape index (κ3) is 14.7. The minimum Gasteiger partial charge on any atom is -1.00 e. The van der Waals surface area contributed by atoms with E-state index in [2.05, 4.69) is 42.4 Å². The van der Waals surface area contributed by atoms with E-state index in [1.54, 1.807) is 0 Å². The van der Waals surface area contributed by atoms with Gasteiger partial charge in [0.25, 0.3) is 5.82 Å². The molecule has 0 saturated carbocycles. The van der Waals surface area contributed by atoms with Gasteiger partial charge in [-0.15, -0.1) is 0 Å². The minimum atomic E-state index is 0. The van der Waals surface area contributed by atoms with Crippen LogP contribution in [0.25, 0.3) is 0 Å². The van der Waals surface area contributed by atoms with Gasteiger partial charge in [-0.1, -0.05) is 110 Å². The predicted molar refractivity (Wildman–Crippen MR) is 119 cm³/mol. The fourth-order valence-corrected chi connectivity index (χ4v) is 4.02. The number of aryl methyl sites for hydroxylation is 2. The van der Waals surface area contributed by atoms with Crippen molar-refractivity contribution in [1.82, 2.24) is 4.57 Å². The number of rotatable bonds is 19. The van der Waals surface area contributed by atoms with Crippen LogP contribution in [0.15, 0.2) is 12.4 Å². The van der Waals surface area contributed by atoms with Crippen molar-refractivity contribution in [2.45, 2.75) is 136 Å². The van der Waals surface area contributed by atoms with Crippen LogP contribution in [0, 0.1) is 6.92 Å². The maximum atomic E-state index is 2.38. The Labute approximate surface area is 187 Å². The van der Waals surface area contributed by atoms with E-state index < -0.39 is 0 Å². The number of nitrogens with zero attached hydrogens (tertiary/aromatic N) is 2. The highest BCUT2D eigenvalue weighted by atomic mass is 79.9. The number of halogens is 1. The second kappa shape index (κ2) is 20.0. The fourth-order valence-electron chi connectivity index (χ4n) is 4.02. The van der Waals surface area contributed by atoms with Crippen molar-refractivity contribution in [3.05, 3.63) is 18.2 Å². The van der Waals surface area contributed by atoms with E-state index in [0.29, 0.717) is 0 Å². The summed E-state index contributed by atoms with van der Waals surface area (Å²) in [7, 11) is 2.13. The first-order valence-electron chi connectivity index (χ1n) is 12.3. The Morgan fingerprint density at radius 1 is 0.643 bits per heavy atom. The van der Waals surface area contributed by atoms with Crippen LogP contribution in [0.4, 0.5) is 0 Å². The van der Waals surface area contributed by atoms with Crippen LogP contribution in [0.2, 0.25) is 0 Å². The minimum absolute atomic E-state index is 0. The molecule has 2 nitrogen and oxygen atoms in total. The molecular formula is C25H49BrN2. The van der Waals surface area contributed by atoms with Gasteiger partial charge in [0.1, 0.15) is 12.4 Å². The van der Waals surface area contributed by atoms with Gasteiger partial charge in [0.05, 0.1) is 13.6 Å². The lowest BCUT2D eigenvalue weighted by molar-refractivity contribution is -0.677. The summed E-state index contributed by atoms with van der Waals surface area (Å²) in [6.45, 7) is 5.69. The Morgan fingerprint density at radius 2 is 1.00 bits per heavy atom. The molecule has 166 valence electrons. The van der Waals surface area contributed by atoms with Crippen molar-refractivity contribution >= 4 is 0 Å². The van der Waals surface area contributed by atoms with Gasteiger partial charge >= 0.3 is 0 Å². The molecule has 28 heavy (non-hydrogen) atoms. The molecule has 1 heterocycles. The van der Waals surface area contributed by atoms with Crippen molar-refractivity contribution in [1.29, 1.82) is 0 Å². The Bertz CT molecular complexity index is 442. The third-order valence-electron chi connectivity index (χ3n) is 6.15. The van der Waals surface area contributed by atoms with Crippen LogP contribution in [-0.2, 0) is 13.6 Å². The zero-order valence-electron chi connectivity index (χ0n) is 19.4. The molecule has 0 radical (unpaired) electrons. The van der Waals surface area contributed by atoms with Crippen molar-refractivity contribution < 1.29 is 21.5 Å². The van der Waals surface area contributed by atoms with E-state index in [1.165, 1.54) is 128 Å². The van der Waals surface area contributed by atoms with Crippen LogP contribution in [0.1, 0.15) is 128 Å². The molecule has 0 amide bonds. The van der Waals surface area contributed by atoms with Gasteiger partial charge in [-0.2, -0.15) is 0 Å². The molecule has 0 unspecified atom stereocenters. The summed E-state index contributed by atoms with van der Waals surface area (Å²) in [6.07, 6.45) is 30.4.